The summed E-state index contributed by atoms with van der Waals surface area (Å²) >= 11 is 0. The number of hydrogen-bond donors (Lipinski definition) is 1. The van der Waals surface area contributed by atoms with Crippen molar-refractivity contribution >= 4 is 5.97 Å². The molecule has 1 N–H and O–H groups in total. The molecule has 2 unspecified atom stereocenters. The van der Waals surface area contributed by atoms with E-state index in [4.69, 9.17) is 4.74 Å². The molecule has 0 spiro atoms. The Bertz CT molecular complexity index is 257. The first-order chi connectivity index (χ1) is 8.08. The zero-order chi connectivity index (χ0) is 12.9. The van der Waals surface area contributed by atoms with Crippen molar-refractivity contribution in [3.8, 4) is 0 Å². The number of nitrogens with zero attached hydrogens (tertiary/aromatic N) is 1. The van der Waals surface area contributed by atoms with E-state index < -0.39 is 11.5 Å². The van der Waals surface area contributed by atoms with Crippen molar-refractivity contribution in [1.82, 2.24) is 4.90 Å². The summed E-state index contributed by atoms with van der Waals surface area (Å²) in [5.41, 5.74) is -0.623. The number of carboxylic acids is 1. The quantitative estimate of drug-likeness (QED) is 0.744. The van der Waals surface area contributed by atoms with Crippen molar-refractivity contribution in [2.24, 2.45) is 0 Å². The molecule has 1 saturated heterocycles. The highest BCUT2D eigenvalue weighted by Crippen LogP contribution is 2.36. The van der Waals surface area contributed by atoms with E-state index in [1.54, 1.807) is 7.11 Å². The van der Waals surface area contributed by atoms with Gasteiger partial charge in [-0.15, -0.1) is 0 Å². The molecule has 0 aliphatic carbocycles. The van der Waals surface area contributed by atoms with Gasteiger partial charge in [-0.1, -0.05) is 13.3 Å². The molecule has 0 amide bonds. The SMILES string of the molecule is CCCC1(C(=O)O)CCCN1C(C)CCOC. The summed E-state index contributed by atoms with van der Waals surface area (Å²) < 4.78 is 5.09. The van der Waals surface area contributed by atoms with Crippen molar-refractivity contribution in [3.63, 3.8) is 0 Å². The lowest BCUT2D eigenvalue weighted by atomic mass is 9.89. The van der Waals surface area contributed by atoms with Crippen LogP contribution in [-0.4, -0.2) is 47.8 Å². The number of methoxy groups -OCH3 is 1. The van der Waals surface area contributed by atoms with Gasteiger partial charge in [0, 0.05) is 19.8 Å². The van der Waals surface area contributed by atoms with Crippen LogP contribution >= 0.6 is 0 Å². The molecule has 1 aliphatic rings. The van der Waals surface area contributed by atoms with Gasteiger partial charge in [0.25, 0.3) is 0 Å². The summed E-state index contributed by atoms with van der Waals surface area (Å²) in [4.78, 5) is 13.8. The molecule has 0 aromatic carbocycles. The van der Waals surface area contributed by atoms with Crippen LogP contribution < -0.4 is 0 Å². The Morgan fingerprint density at radius 3 is 2.82 bits per heavy atom. The molecule has 0 aromatic heterocycles. The number of rotatable bonds is 7. The zero-order valence-electron chi connectivity index (χ0n) is 11.2. The predicted molar refractivity (Wildman–Crippen MR) is 67.2 cm³/mol. The van der Waals surface area contributed by atoms with E-state index in [-0.39, 0.29) is 6.04 Å². The van der Waals surface area contributed by atoms with Gasteiger partial charge in [0.05, 0.1) is 0 Å². The molecule has 1 aliphatic heterocycles. The van der Waals surface area contributed by atoms with Crippen molar-refractivity contribution in [3.05, 3.63) is 0 Å². The summed E-state index contributed by atoms with van der Waals surface area (Å²) in [7, 11) is 1.69. The van der Waals surface area contributed by atoms with Crippen LogP contribution in [0.3, 0.4) is 0 Å². The van der Waals surface area contributed by atoms with Gasteiger partial charge in [-0.2, -0.15) is 0 Å². The van der Waals surface area contributed by atoms with Crippen molar-refractivity contribution in [1.29, 1.82) is 0 Å². The maximum atomic E-state index is 11.6. The summed E-state index contributed by atoms with van der Waals surface area (Å²) in [6, 6.07) is 0.278. The Morgan fingerprint density at radius 1 is 1.59 bits per heavy atom. The van der Waals surface area contributed by atoms with Gasteiger partial charge in [-0.25, -0.2) is 0 Å². The monoisotopic (exact) mass is 243 g/mol. The maximum absolute atomic E-state index is 11.6. The normalized spacial score (nSPS) is 27.2. The van der Waals surface area contributed by atoms with Crippen molar-refractivity contribution in [2.45, 2.75) is 57.5 Å². The molecule has 1 heterocycles. The van der Waals surface area contributed by atoms with Crippen LogP contribution in [0, 0.1) is 0 Å². The number of carboxylic acid groups (broad SMARTS) is 1. The third-order valence-electron chi connectivity index (χ3n) is 3.87. The lowest BCUT2D eigenvalue weighted by Gasteiger charge is -2.38. The largest absolute Gasteiger partial charge is 0.480 e. The molecule has 0 saturated carbocycles. The van der Waals surface area contributed by atoms with Crippen LogP contribution in [0.25, 0.3) is 0 Å². The highest BCUT2D eigenvalue weighted by Gasteiger charge is 2.48. The number of likely N-dealkylation sites (tertiary alicyclic amines) is 1. The number of ether oxygens (including phenoxy) is 1. The molecule has 0 radical (unpaired) electrons. The van der Waals surface area contributed by atoms with E-state index in [2.05, 4.69) is 18.7 Å². The maximum Gasteiger partial charge on any atom is 0.324 e. The average molecular weight is 243 g/mol. The zero-order valence-corrected chi connectivity index (χ0v) is 11.2. The molecule has 100 valence electrons. The molecular formula is C13H25NO3. The lowest BCUT2D eigenvalue weighted by Crippen LogP contribution is -2.54. The van der Waals surface area contributed by atoms with Gasteiger partial charge < -0.3 is 9.84 Å². The Labute approximate surface area is 104 Å². The topological polar surface area (TPSA) is 49.8 Å². The van der Waals surface area contributed by atoms with Crippen LogP contribution in [0.1, 0.15) is 46.0 Å². The molecule has 4 heteroatoms. The van der Waals surface area contributed by atoms with E-state index in [1.807, 2.05) is 0 Å². The van der Waals surface area contributed by atoms with Gasteiger partial charge in [0.15, 0.2) is 0 Å². The van der Waals surface area contributed by atoms with Gasteiger partial charge in [0.1, 0.15) is 5.54 Å². The second kappa shape index (κ2) is 6.36. The van der Waals surface area contributed by atoms with Crippen LogP contribution in [0.15, 0.2) is 0 Å². The molecule has 1 fully saturated rings. The number of aliphatic carboxylic acids is 1. The summed E-state index contributed by atoms with van der Waals surface area (Å²) in [6.45, 7) is 5.76. The van der Waals surface area contributed by atoms with Crippen molar-refractivity contribution < 1.29 is 14.6 Å². The summed E-state index contributed by atoms with van der Waals surface area (Å²) in [6.07, 6.45) is 4.34. The van der Waals surface area contributed by atoms with Crippen molar-refractivity contribution in [2.75, 3.05) is 20.3 Å². The fraction of sp³-hybridized carbons (Fsp3) is 0.923. The second-order valence-corrected chi connectivity index (χ2v) is 5.01. The van der Waals surface area contributed by atoms with Gasteiger partial charge in [0.2, 0.25) is 0 Å². The van der Waals surface area contributed by atoms with E-state index in [0.717, 1.165) is 38.6 Å². The molecule has 0 aromatic rings. The van der Waals surface area contributed by atoms with Gasteiger partial charge >= 0.3 is 5.97 Å². The first-order valence-corrected chi connectivity index (χ1v) is 6.57. The molecule has 2 atom stereocenters. The minimum Gasteiger partial charge on any atom is -0.480 e. The van der Waals surface area contributed by atoms with E-state index in [1.165, 1.54) is 0 Å². The average Bonchev–Trinajstić information content (AvgIpc) is 2.71. The van der Waals surface area contributed by atoms with E-state index in [0.29, 0.717) is 6.61 Å². The second-order valence-electron chi connectivity index (χ2n) is 5.01. The lowest BCUT2D eigenvalue weighted by molar-refractivity contribution is -0.151. The predicted octanol–water partition coefficient (Wildman–Crippen LogP) is 2.13. The Morgan fingerprint density at radius 2 is 2.29 bits per heavy atom. The Kier molecular flexibility index (Phi) is 5.40. The Balaban J connectivity index is 2.77. The number of carbonyl (C=O) groups is 1. The minimum absolute atomic E-state index is 0.278. The van der Waals surface area contributed by atoms with Crippen LogP contribution in [0.4, 0.5) is 0 Å². The fourth-order valence-electron chi connectivity index (χ4n) is 3.00. The standard InChI is InChI=1S/C13H25NO3/c1-4-7-13(12(15)16)8-5-9-14(13)11(2)6-10-17-3/h11H,4-10H2,1-3H3,(H,15,16). The highest BCUT2D eigenvalue weighted by molar-refractivity contribution is 5.79. The molecule has 1 rings (SSSR count). The molecule has 0 bridgehead atoms. The first kappa shape index (κ1) is 14.5. The fourth-order valence-corrected chi connectivity index (χ4v) is 3.00. The van der Waals surface area contributed by atoms with Crippen LogP contribution in [0.2, 0.25) is 0 Å². The third-order valence-corrected chi connectivity index (χ3v) is 3.87. The molecule has 17 heavy (non-hydrogen) atoms. The summed E-state index contributed by atoms with van der Waals surface area (Å²) in [5.74, 6) is -0.652. The third kappa shape index (κ3) is 2.99. The van der Waals surface area contributed by atoms with E-state index in [9.17, 15) is 9.90 Å². The molecule has 4 nitrogen and oxygen atoms in total. The minimum atomic E-state index is -0.652. The van der Waals surface area contributed by atoms with Gasteiger partial charge in [-0.3, -0.25) is 9.69 Å². The highest BCUT2D eigenvalue weighted by atomic mass is 16.5. The van der Waals surface area contributed by atoms with Crippen LogP contribution in [-0.2, 0) is 9.53 Å². The Hall–Kier alpha value is -0.610. The van der Waals surface area contributed by atoms with E-state index >= 15 is 0 Å². The smallest absolute Gasteiger partial charge is 0.324 e. The van der Waals surface area contributed by atoms with Crippen LogP contribution in [0.5, 0.6) is 0 Å². The van der Waals surface area contributed by atoms with Gasteiger partial charge in [-0.05, 0) is 39.2 Å². The molecular weight excluding hydrogens is 218 g/mol. The summed E-state index contributed by atoms with van der Waals surface area (Å²) in [5, 5.41) is 9.57. The number of hydrogen-bond acceptors (Lipinski definition) is 3. The first-order valence-electron chi connectivity index (χ1n) is 6.57.